The van der Waals surface area contributed by atoms with Gasteiger partial charge in [0.15, 0.2) is 0 Å². The third kappa shape index (κ3) is 4.22. The van der Waals surface area contributed by atoms with Crippen molar-refractivity contribution < 1.29 is 19.1 Å². The number of benzene rings is 3. The van der Waals surface area contributed by atoms with E-state index in [1.54, 1.807) is 49.5 Å². The fourth-order valence-corrected chi connectivity index (χ4v) is 4.23. The highest BCUT2D eigenvalue weighted by Crippen LogP contribution is 2.43. The summed E-state index contributed by atoms with van der Waals surface area (Å²) in [7, 11) is 3.20. The molecule has 2 atom stereocenters. The highest BCUT2D eigenvalue weighted by Gasteiger charge is 2.43. The number of ether oxygens (including phenoxy) is 2. The van der Waals surface area contributed by atoms with Crippen LogP contribution in [0.2, 0.25) is 0 Å². The molecule has 2 amide bonds. The summed E-state index contributed by atoms with van der Waals surface area (Å²) in [5.41, 5.74) is 2.85. The smallest absolute Gasteiger partial charge is 0.254 e. The molecule has 1 heterocycles. The van der Waals surface area contributed by atoms with E-state index in [0.29, 0.717) is 30.2 Å². The maximum absolute atomic E-state index is 13.7. The van der Waals surface area contributed by atoms with Gasteiger partial charge in [0.25, 0.3) is 5.91 Å². The van der Waals surface area contributed by atoms with E-state index in [2.05, 4.69) is 5.32 Å². The summed E-state index contributed by atoms with van der Waals surface area (Å²) in [5.74, 6) is -0.138. The summed E-state index contributed by atoms with van der Waals surface area (Å²) in [4.78, 5) is 28.9. The molecule has 1 aliphatic heterocycles. The Kier molecular flexibility index (Phi) is 6.52. The number of hydrogen-bond donors (Lipinski definition) is 1. The molecular formula is C26H26N2O4. The van der Waals surface area contributed by atoms with Gasteiger partial charge in [-0.2, -0.15) is 0 Å². The predicted molar refractivity (Wildman–Crippen MR) is 123 cm³/mol. The van der Waals surface area contributed by atoms with Crippen LogP contribution in [0.5, 0.6) is 5.75 Å². The minimum absolute atomic E-state index is 0.0972. The van der Waals surface area contributed by atoms with Gasteiger partial charge < -0.3 is 19.7 Å². The first-order valence-electron chi connectivity index (χ1n) is 10.5. The third-order valence-electron chi connectivity index (χ3n) is 5.76. The quantitative estimate of drug-likeness (QED) is 0.608. The normalized spacial score (nSPS) is 17.6. The summed E-state index contributed by atoms with van der Waals surface area (Å²) in [5, 5.41) is 3.03. The average Bonchev–Trinajstić information content (AvgIpc) is 2.84. The second-order valence-corrected chi connectivity index (χ2v) is 7.63. The van der Waals surface area contributed by atoms with Crippen LogP contribution in [0.4, 0.5) is 5.69 Å². The van der Waals surface area contributed by atoms with Crippen LogP contribution in [0.25, 0.3) is 0 Å². The minimum Gasteiger partial charge on any atom is -0.497 e. The zero-order valence-corrected chi connectivity index (χ0v) is 18.2. The molecule has 0 aromatic heterocycles. The lowest BCUT2D eigenvalue weighted by atomic mass is 9.79. The Hall–Kier alpha value is -3.64. The van der Waals surface area contributed by atoms with Gasteiger partial charge in [0, 0.05) is 24.9 Å². The van der Waals surface area contributed by atoms with Crippen LogP contribution in [0.15, 0.2) is 78.9 Å². The molecule has 6 heteroatoms. The number of rotatable bonds is 7. The Morgan fingerprint density at radius 3 is 2.31 bits per heavy atom. The average molecular weight is 431 g/mol. The Morgan fingerprint density at radius 2 is 1.62 bits per heavy atom. The van der Waals surface area contributed by atoms with Crippen LogP contribution >= 0.6 is 0 Å². The van der Waals surface area contributed by atoms with Gasteiger partial charge >= 0.3 is 0 Å². The number of carbonyl (C=O) groups is 2. The number of methoxy groups -OCH3 is 2. The van der Waals surface area contributed by atoms with Crippen LogP contribution in [0, 0.1) is 0 Å². The second-order valence-electron chi connectivity index (χ2n) is 7.63. The summed E-state index contributed by atoms with van der Waals surface area (Å²) in [6.07, 6.45) is 0. The van der Waals surface area contributed by atoms with E-state index in [1.165, 1.54) is 0 Å². The zero-order chi connectivity index (χ0) is 22.5. The highest BCUT2D eigenvalue weighted by molar-refractivity contribution is 6.04. The van der Waals surface area contributed by atoms with E-state index in [9.17, 15) is 9.59 Å². The van der Waals surface area contributed by atoms with Crippen molar-refractivity contribution in [2.24, 2.45) is 0 Å². The van der Waals surface area contributed by atoms with Gasteiger partial charge in [-0.1, -0.05) is 48.5 Å². The second kappa shape index (κ2) is 9.66. The largest absolute Gasteiger partial charge is 0.497 e. The van der Waals surface area contributed by atoms with Crippen LogP contribution in [0.3, 0.4) is 0 Å². The number of nitrogens with zero attached hydrogens (tertiary/aromatic N) is 1. The number of hydrogen-bond acceptors (Lipinski definition) is 4. The first-order valence-corrected chi connectivity index (χ1v) is 10.5. The van der Waals surface area contributed by atoms with Gasteiger partial charge in [-0.15, -0.1) is 0 Å². The molecule has 1 N–H and O–H groups in total. The molecule has 3 aromatic carbocycles. The van der Waals surface area contributed by atoms with Crippen molar-refractivity contribution in [3.8, 4) is 5.75 Å². The molecule has 3 aromatic rings. The molecule has 0 saturated heterocycles. The topological polar surface area (TPSA) is 67.9 Å². The van der Waals surface area contributed by atoms with Crippen molar-refractivity contribution in [2.45, 2.75) is 12.0 Å². The lowest BCUT2D eigenvalue weighted by molar-refractivity contribution is -0.119. The van der Waals surface area contributed by atoms with E-state index in [-0.39, 0.29) is 11.8 Å². The van der Waals surface area contributed by atoms with Crippen molar-refractivity contribution in [2.75, 3.05) is 32.7 Å². The molecule has 0 bridgehead atoms. The monoisotopic (exact) mass is 430 g/mol. The van der Waals surface area contributed by atoms with Crippen LogP contribution < -0.4 is 10.1 Å². The Balaban J connectivity index is 1.78. The molecule has 32 heavy (non-hydrogen) atoms. The lowest BCUT2D eigenvalue weighted by Gasteiger charge is -2.41. The third-order valence-corrected chi connectivity index (χ3v) is 5.76. The first-order chi connectivity index (χ1) is 15.6. The molecular weight excluding hydrogens is 404 g/mol. The summed E-state index contributed by atoms with van der Waals surface area (Å²) >= 11 is 0. The number of anilines is 1. The van der Waals surface area contributed by atoms with Gasteiger partial charge in [0.2, 0.25) is 5.91 Å². The maximum Gasteiger partial charge on any atom is 0.254 e. The lowest BCUT2D eigenvalue weighted by Crippen LogP contribution is -2.47. The molecule has 4 rings (SSSR count). The summed E-state index contributed by atoms with van der Waals surface area (Å²) < 4.78 is 10.5. The van der Waals surface area contributed by atoms with E-state index < -0.39 is 12.0 Å². The van der Waals surface area contributed by atoms with Crippen molar-refractivity contribution in [3.63, 3.8) is 0 Å². The standard InChI is InChI=1S/C26H26N2O4/c1-31-17-16-28-24(18-8-4-3-5-9-18)23(21-10-6-7-11-22(21)26(28)30)25(29)27-19-12-14-20(32-2)15-13-19/h3-15,23-24H,16-17H2,1-2H3,(H,27,29)/t23-,24-/m1/s1. The van der Waals surface area contributed by atoms with Crippen molar-refractivity contribution in [3.05, 3.63) is 95.6 Å². The summed E-state index contributed by atoms with van der Waals surface area (Å²) in [6, 6.07) is 23.8. The minimum atomic E-state index is -0.578. The van der Waals surface area contributed by atoms with Crippen molar-refractivity contribution in [1.29, 1.82) is 0 Å². The van der Waals surface area contributed by atoms with Crippen molar-refractivity contribution in [1.82, 2.24) is 4.90 Å². The predicted octanol–water partition coefficient (Wildman–Crippen LogP) is 4.26. The zero-order valence-electron chi connectivity index (χ0n) is 18.2. The van der Waals surface area contributed by atoms with Crippen molar-refractivity contribution >= 4 is 17.5 Å². The number of nitrogens with one attached hydrogen (secondary N) is 1. The summed E-state index contributed by atoms with van der Waals surface area (Å²) in [6.45, 7) is 0.763. The van der Waals surface area contributed by atoms with E-state index in [0.717, 1.165) is 11.1 Å². The fourth-order valence-electron chi connectivity index (χ4n) is 4.23. The van der Waals surface area contributed by atoms with Gasteiger partial charge in [0.1, 0.15) is 5.75 Å². The van der Waals surface area contributed by atoms with Gasteiger partial charge in [-0.3, -0.25) is 9.59 Å². The number of fused-ring (bicyclic) bond motifs is 1. The van der Waals surface area contributed by atoms with Crippen LogP contribution in [-0.4, -0.2) is 44.1 Å². The first kappa shape index (κ1) is 21.6. The molecule has 0 unspecified atom stereocenters. The highest BCUT2D eigenvalue weighted by atomic mass is 16.5. The maximum atomic E-state index is 13.7. The number of carbonyl (C=O) groups excluding carboxylic acids is 2. The molecule has 164 valence electrons. The molecule has 0 aliphatic carbocycles. The molecule has 0 fully saturated rings. The SMILES string of the molecule is COCCN1C(=O)c2ccccc2[C@@H](C(=O)Nc2ccc(OC)cc2)[C@H]1c1ccccc1. The van der Waals surface area contributed by atoms with Gasteiger partial charge in [0.05, 0.1) is 25.7 Å². The number of amides is 2. The molecule has 6 nitrogen and oxygen atoms in total. The fraction of sp³-hybridized carbons (Fsp3) is 0.231. The van der Waals surface area contributed by atoms with E-state index in [1.807, 2.05) is 48.5 Å². The molecule has 0 spiro atoms. The van der Waals surface area contributed by atoms with Gasteiger partial charge in [-0.05, 0) is 41.5 Å². The van der Waals surface area contributed by atoms with E-state index >= 15 is 0 Å². The molecule has 0 radical (unpaired) electrons. The molecule has 1 aliphatic rings. The van der Waals surface area contributed by atoms with E-state index in [4.69, 9.17) is 9.47 Å². The van der Waals surface area contributed by atoms with Crippen LogP contribution in [-0.2, 0) is 9.53 Å². The molecule has 0 saturated carbocycles. The Bertz CT molecular complexity index is 1080. The van der Waals surface area contributed by atoms with Crippen LogP contribution in [0.1, 0.15) is 33.4 Å². The Morgan fingerprint density at radius 1 is 0.938 bits per heavy atom. The van der Waals surface area contributed by atoms with Gasteiger partial charge in [-0.25, -0.2) is 0 Å². The Labute approximate surface area is 187 Å².